The molecule has 0 saturated carbocycles. The molecule has 0 spiro atoms. The number of carbonyl (C=O) groups excluding carboxylic acids is 3. The Kier molecular flexibility index (Phi) is 5.36. The van der Waals surface area contributed by atoms with Crippen LogP contribution in [0.2, 0.25) is 5.02 Å². The Hall–Kier alpha value is -2.28. The number of nitrogens with one attached hydrogen (secondary N) is 3. The summed E-state index contributed by atoms with van der Waals surface area (Å²) in [6.45, 7) is 4.62. The summed E-state index contributed by atoms with van der Waals surface area (Å²) >= 11 is 6.11. The van der Waals surface area contributed by atoms with Crippen LogP contribution in [0.4, 0.5) is 10.5 Å². The third kappa shape index (κ3) is 4.09. The van der Waals surface area contributed by atoms with Crippen molar-refractivity contribution in [2.45, 2.75) is 38.8 Å². The van der Waals surface area contributed by atoms with Gasteiger partial charge in [0.1, 0.15) is 0 Å². The van der Waals surface area contributed by atoms with E-state index in [1.807, 2.05) is 13.8 Å². The Morgan fingerprint density at radius 3 is 2.73 bits per heavy atom. The molecule has 3 heterocycles. The zero-order chi connectivity index (χ0) is 18.8. The van der Waals surface area contributed by atoms with Gasteiger partial charge in [0, 0.05) is 30.9 Å². The first kappa shape index (κ1) is 18.5. The van der Waals surface area contributed by atoms with Crippen LogP contribution >= 0.6 is 11.6 Å². The normalized spacial score (nSPS) is 22.0. The number of piperidine rings is 1. The van der Waals surface area contributed by atoms with Gasteiger partial charge in [0.2, 0.25) is 5.91 Å². The second-order valence-corrected chi connectivity index (χ2v) is 7.54. The molecule has 3 N–H and O–H groups in total. The molecule has 4 amide bonds. The van der Waals surface area contributed by atoms with E-state index in [2.05, 4.69) is 16.0 Å². The molecule has 4 rings (SSSR count). The Labute approximate surface area is 157 Å². The van der Waals surface area contributed by atoms with Gasteiger partial charge in [0.15, 0.2) is 0 Å². The molecule has 1 aromatic rings. The number of halogens is 1. The van der Waals surface area contributed by atoms with Gasteiger partial charge < -0.3 is 20.9 Å². The van der Waals surface area contributed by atoms with E-state index in [1.165, 1.54) is 0 Å². The van der Waals surface area contributed by atoms with Crippen molar-refractivity contribution in [3.05, 3.63) is 28.8 Å². The van der Waals surface area contributed by atoms with Crippen molar-refractivity contribution in [1.29, 1.82) is 0 Å². The number of benzene rings is 1. The lowest BCUT2D eigenvalue weighted by molar-refractivity contribution is -0.126. The highest BCUT2D eigenvalue weighted by Crippen LogP contribution is 2.24. The molecule has 3 aliphatic heterocycles. The smallest absolute Gasteiger partial charge is 0.321 e. The number of hydrogen-bond donors (Lipinski definition) is 3. The standard InChI is InChI=1S/C18H23ClN4O3/c1-10(2)20-17(25)14-7-12(5-6-15(14)19)22-18(26)23-8-11-3-4-13(9-23)21-16(11)24/h5-7,10-11,13H,3-4,8-9H2,1-2H3,(H,20,25)(H,21,24)(H,22,26)/t11-,13+/m1/s1. The minimum Gasteiger partial charge on any atom is -0.351 e. The van der Waals surface area contributed by atoms with Crippen molar-refractivity contribution in [3.8, 4) is 0 Å². The van der Waals surface area contributed by atoms with Gasteiger partial charge >= 0.3 is 6.03 Å². The molecule has 2 bridgehead atoms. The van der Waals surface area contributed by atoms with Gasteiger partial charge in [-0.1, -0.05) is 11.6 Å². The van der Waals surface area contributed by atoms with Gasteiger partial charge in [-0.05, 0) is 44.9 Å². The van der Waals surface area contributed by atoms with Crippen molar-refractivity contribution >= 4 is 35.1 Å². The Bertz CT molecular complexity index is 737. The lowest BCUT2D eigenvalue weighted by atomic mass is 9.96. The van der Waals surface area contributed by atoms with E-state index in [9.17, 15) is 14.4 Å². The topological polar surface area (TPSA) is 90.5 Å². The van der Waals surface area contributed by atoms with Gasteiger partial charge in [0.25, 0.3) is 5.91 Å². The summed E-state index contributed by atoms with van der Waals surface area (Å²) in [5.41, 5.74) is 0.801. The van der Waals surface area contributed by atoms with Gasteiger partial charge in [-0.3, -0.25) is 9.59 Å². The van der Waals surface area contributed by atoms with Crippen LogP contribution in [-0.2, 0) is 4.79 Å². The molecule has 2 atom stereocenters. The van der Waals surface area contributed by atoms with Gasteiger partial charge in [-0.25, -0.2) is 4.79 Å². The van der Waals surface area contributed by atoms with E-state index in [-0.39, 0.29) is 35.8 Å². The third-order valence-electron chi connectivity index (χ3n) is 4.63. The van der Waals surface area contributed by atoms with E-state index in [1.54, 1.807) is 23.1 Å². The van der Waals surface area contributed by atoms with E-state index in [4.69, 9.17) is 11.6 Å². The van der Waals surface area contributed by atoms with Gasteiger partial charge in [0.05, 0.1) is 16.5 Å². The summed E-state index contributed by atoms with van der Waals surface area (Å²) in [4.78, 5) is 38.4. The lowest BCUT2D eigenvalue weighted by Gasteiger charge is -2.23. The highest BCUT2D eigenvalue weighted by molar-refractivity contribution is 6.34. The summed E-state index contributed by atoms with van der Waals surface area (Å²) in [6, 6.07) is 4.51. The van der Waals surface area contributed by atoms with Crippen molar-refractivity contribution in [1.82, 2.24) is 15.5 Å². The maximum absolute atomic E-state index is 12.6. The van der Waals surface area contributed by atoms with E-state index in [0.717, 1.165) is 12.8 Å². The van der Waals surface area contributed by atoms with Gasteiger partial charge in [-0.15, -0.1) is 0 Å². The molecule has 3 saturated heterocycles. The second-order valence-electron chi connectivity index (χ2n) is 7.14. The maximum atomic E-state index is 12.6. The molecule has 26 heavy (non-hydrogen) atoms. The average molecular weight is 379 g/mol. The molecule has 0 aliphatic carbocycles. The fourth-order valence-electron chi connectivity index (χ4n) is 3.33. The number of amides is 4. The molecular formula is C18H23ClN4O3. The zero-order valence-corrected chi connectivity index (χ0v) is 15.6. The Balaban J connectivity index is 1.71. The summed E-state index contributed by atoms with van der Waals surface area (Å²) < 4.78 is 0. The molecule has 0 unspecified atom stereocenters. The number of carbonyl (C=O) groups is 3. The Morgan fingerprint density at radius 1 is 1.27 bits per heavy atom. The van der Waals surface area contributed by atoms with Crippen LogP contribution in [0.3, 0.4) is 0 Å². The lowest BCUT2D eigenvalue weighted by Crippen LogP contribution is -2.44. The number of anilines is 1. The highest BCUT2D eigenvalue weighted by atomic mass is 35.5. The predicted molar refractivity (Wildman–Crippen MR) is 99.3 cm³/mol. The molecule has 0 aromatic heterocycles. The average Bonchev–Trinajstić information content (AvgIpc) is 2.87. The van der Waals surface area contributed by atoms with Crippen LogP contribution in [0.15, 0.2) is 18.2 Å². The first-order chi connectivity index (χ1) is 12.3. The second kappa shape index (κ2) is 7.53. The molecule has 7 nitrogen and oxygen atoms in total. The van der Waals surface area contributed by atoms with E-state index in [0.29, 0.717) is 29.4 Å². The first-order valence-electron chi connectivity index (χ1n) is 8.80. The number of nitrogens with zero attached hydrogens (tertiary/aromatic N) is 1. The molecular weight excluding hydrogens is 356 g/mol. The molecule has 3 aliphatic rings. The van der Waals surface area contributed by atoms with E-state index >= 15 is 0 Å². The number of rotatable bonds is 3. The molecule has 3 fully saturated rings. The van der Waals surface area contributed by atoms with Crippen LogP contribution in [-0.4, -0.2) is 47.9 Å². The molecule has 8 heteroatoms. The summed E-state index contributed by atoms with van der Waals surface area (Å²) in [6.07, 6.45) is 1.70. The summed E-state index contributed by atoms with van der Waals surface area (Å²) in [7, 11) is 0. The van der Waals surface area contributed by atoms with Crippen molar-refractivity contribution in [2.75, 3.05) is 18.4 Å². The van der Waals surface area contributed by atoms with Crippen molar-refractivity contribution in [3.63, 3.8) is 0 Å². The highest BCUT2D eigenvalue weighted by Gasteiger charge is 2.36. The quantitative estimate of drug-likeness (QED) is 0.753. The zero-order valence-electron chi connectivity index (χ0n) is 14.8. The minimum atomic E-state index is -0.288. The van der Waals surface area contributed by atoms with Crippen LogP contribution in [0.25, 0.3) is 0 Å². The number of urea groups is 1. The SMILES string of the molecule is CC(C)NC(=O)c1cc(NC(=O)N2C[C@@H]3CC[C@H](C2)C(=O)N3)ccc1Cl. The fourth-order valence-corrected chi connectivity index (χ4v) is 3.53. The van der Waals surface area contributed by atoms with Crippen molar-refractivity contribution in [2.24, 2.45) is 5.92 Å². The largest absolute Gasteiger partial charge is 0.351 e. The number of fused-ring (bicyclic) bond motifs is 4. The molecule has 1 aromatic carbocycles. The Morgan fingerprint density at radius 2 is 2.04 bits per heavy atom. The van der Waals surface area contributed by atoms with Gasteiger partial charge in [-0.2, -0.15) is 0 Å². The van der Waals surface area contributed by atoms with Crippen LogP contribution in [0.5, 0.6) is 0 Å². The van der Waals surface area contributed by atoms with E-state index < -0.39 is 0 Å². The van der Waals surface area contributed by atoms with Crippen LogP contribution in [0, 0.1) is 5.92 Å². The van der Waals surface area contributed by atoms with Crippen LogP contribution < -0.4 is 16.0 Å². The van der Waals surface area contributed by atoms with Crippen LogP contribution in [0.1, 0.15) is 37.0 Å². The summed E-state index contributed by atoms with van der Waals surface area (Å²) in [5, 5.41) is 8.86. The summed E-state index contributed by atoms with van der Waals surface area (Å²) in [5.74, 6) is -0.420. The monoisotopic (exact) mass is 378 g/mol. The van der Waals surface area contributed by atoms with Crippen molar-refractivity contribution < 1.29 is 14.4 Å². The fraction of sp³-hybridized carbons (Fsp3) is 0.500. The minimum absolute atomic E-state index is 0.00426. The number of hydrogen-bond acceptors (Lipinski definition) is 3. The molecule has 0 radical (unpaired) electrons. The molecule has 140 valence electrons. The predicted octanol–water partition coefficient (Wildman–Crippen LogP) is 2.22. The first-order valence-corrected chi connectivity index (χ1v) is 9.18. The maximum Gasteiger partial charge on any atom is 0.321 e. The third-order valence-corrected chi connectivity index (χ3v) is 4.96.